The second kappa shape index (κ2) is 13.0. The SMILES string of the molecule is CCC[CH2][Ge]([CH2]CCC)([CH2]CCC)[N]=C=C(C#N)Cc1ccccc1. The third kappa shape index (κ3) is 8.57. The van der Waals surface area contributed by atoms with Crippen molar-refractivity contribution < 1.29 is 0 Å². The van der Waals surface area contributed by atoms with E-state index in [2.05, 4.69) is 44.8 Å². The van der Waals surface area contributed by atoms with E-state index in [1.165, 1.54) is 54.3 Å². The van der Waals surface area contributed by atoms with Gasteiger partial charge in [0.15, 0.2) is 0 Å². The Kier molecular flexibility index (Phi) is 11.3. The number of rotatable bonds is 12. The minimum atomic E-state index is -2.30. The van der Waals surface area contributed by atoms with Gasteiger partial charge in [-0.1, -0.05) is 0 Å². The molecule has 0 aliphatic rings. The first kappa shape index (κ1) is 21.7. The van der Waals surface area contributed by atoms with E-state index in [4.69, 9.17) is 3.95 Å². The molecule has 0 bridgehead atoms. The number of nitrogens with zero attached hydrogens (tertiary/aromatic N) is 2. The standard InChI is InChI=1S/C22H34GeN2/c1-4-7-15-23(16-8-5-2,17-9-6-3)25-20-22(19-24)18-21-13-11-10-12-14-21/h10-14H,4-9,15-18H2,1-3H3. The Morgan fingerprint density at radius 1 is 0.920 bits per heavy atom. The van der Waals surface area contributed by atoms with Gasteiger partial charge in [0.2, 0.25) is 0 Å². The normalized spacial score (nSPS) is 10.8. The first-order valence-corrected chi connectivity index (χ1v) is 15.4. The molecular weight excluding hydrogens is 365 g/mol. The van der Waals surface area contributed by atoms with E-state index in [0.717, 1.165) is 5.56 Å². The van der Waals surface area contributed by atoms with E-state index in [-0.39, 0.29) is 0 Å². The van der Waals surface area contributed by atoms with Crippen molar-refractivity contribution >= 4 is 19.4 Å². The number of hydrogen-bond donors (Lipinski definition) is 0. The zero-order valence-corrected chi connectivity index (χ0v) is 18.5. The minimum absolute atomic E-state index is 0.647. The van der Waals surface area contributed by atoms with Crippen LogP contribution in [0.15, 0.2) is 39.9 Å². The summed E-state index contributed by atoms with van der Waals surface area (Å²) in [4.78, 5) is 0. The zero-order valence-electron chi connectivity index (χ0n) is 16.4. The molecule has 0 atom stereocenters. The number of hydrogen-bond acceptors (Lipinski definition) is 2. The summed E-state index contributed by atoms with van der Waals surface area (Å²) in [5.74, 6) is 3.25. The van der Waals surface area contributed by atoms with Gasteiger partial charge >= 0.3 is 158 Å². The summed E-state index contributed by atoms with van der Waals surface area (Å²) in [7, 11) is 0. The maximum atomic E-state index is 9.52. The number of allylic oxidation sites excluding steroid dienone is 1. The second-order valence-electron chi connectivity index (χ2n) is 7.01. The number of nitriles is 1. The average molecular weight is 399 g/mol. The van der Waals surface area contributed by atoms with Crippen molar-refractivity contribution in [3.05, 3.63) is 41.5 Å². The number of benzene rings is 1. The van der Waals surface area contributed by atoms with Crippen molar-refractivity contribution in [2.45, 2.75) is 81.5 Å². The predicted octanol–water partition coefficient (Wildman–Crippen LogP) is 6.69. The van der Waals surface area contributed by atoms with E-state index < -0.39 is 13.5 Å². The van der Waals surface area contributed by atoms with Crippen LogP contribution in [0.1, 0.15) is 64.9 Å². The first-order valence-electron chi connectivity index (χ1n) is 9.97. The Morgan fingerprint density at radius 3 is 1.88 bits per heavy atom. The molecule has 0 amide bonds. The Labute approximate surface area is 157 Å². The van der Waals surface area contributed by atoms with Gasteiger partial charge in [-0.25, -0.2) is 0 Å². The number of unbranched alkanes of at least 4 members (excludes halogenated alkanes) is 3. The van der Waals surface area contributed by atoms with E-state index in [1.54, 1.807) is 0 Å². The van der Waals surface area contributed by atoms with Crippen molar-refractivity contribution in [1.82, 2.24) is 0 Å². The van der Waals surface area contributed by atoms with E-state index in [1.807, 2.05) is 18.2 Å². The van der Waals surface area contributed by atoms with Crippen LogP contribution in [-0.2, 0) is 6.42 Å². The van der Waals surface area contributed by atoms with Gasteiger partial charge in [-0.3, -0.25) is 0 Å². The molecule has 0 heterocycles. The Balaban J connectivity index is 3.07. The molecule has 1 rings (SSSR count). The van der Waals surface area contributed by atoms with Crippen LogP contribution in [0.25, 0.3) is 0 Å². The summed E-state index contributed by atoms with van der Waals surface area (Å²) >= 11 is -2.30. The van der Waals surface area contributed by atoms with Crippen molar-refractivity contribution in [3.63, 3.8) is 0 Å². The van der Waals surface area contributed by atoms with Gasteiger partial charge in [-0.05, 0) is 0 Å². The van der Waals surface area contributed by atoms with Crippen molar-refractivity contribution in [2.24, 2.45) is 3.95 Å². The summed E-state index contributed by atoms with van der Waals surface area (Å²) in [5.41, 5.74) is 1.85. The van der Waals surface area contributed by atoms with Crippen molar-refractivity contribution in [2.75, 3.05) is 0 Å². The third-order valence-electron chi connectivity index (χ3n) is 4.77. The molecular formula is C22H34GeN2. The van der Waals surface area contributed by atoms with Crippen molar-refractivity contribution in [1.29, 1.82) is 5.26 Å². The molecule has 0 fully saturated rings. The van der Waals surface area contributed by atoms with Crippen LogP contribution >= 0.6 is 0 Å². The van der Waals surface area contributed by atoms with Crippen LogP contribution in [0.4, 0.5) is 0 Å². The topological polar surface area (TPSA) is 36.1 Å². The first-order chi connectivity index (χ1) is 12.2. The van der Waals surface area contributed by atoms with Crippen LogP contribution in [-0.4, -0.2) is 19.4 Å². The maximum absolute atomic E-state index is 9.52. The molecule has 0 aliphatic carbocycles. The summed E-state index contributed by atoms with van der Waals surface area (Å²) < 4.78 is 5.11. The summed E-state index contributed by atoms with van der Waals surface area (Å²) in [6.07, 6.45) is 8.19. The zero-order chi connectivity index (χ0) is 18.4. The van der Waals surface area contributed by atoms with E-state index in [0.29, 0.717) is 12.0 Å². The molecule has 0 saturated heterocycles. The van der Waals surface area contributed by atoms with Crippen LogP contribution in [0, 0.1) is 11.3 Å². The van der Waals surface area contributed by atoms with Crippen LogP contribution in [0.5, 0.6) is 0 Å². The molecule has 136 valence electrons. The van der Waals surface area contributed by atoms with E-state index >= 15 is 0 Å². The van der Waals surface area contributed by atoms with Gasteiger partial charge in [0.05, 0.1) is 0 Å². The molecule has 0 aliphatic heterocycles. The van der Waals surface area contributed by atoms with Gasteiger partial charge in [0.25, 0.3) is 0 Å². The fraction of sp³-hybridized carbons (Fsp3) is 0.591. The predicted molar refractivity (Wildman–Crippen MR) is 112 cm³/mol. The van der Waals surface area contributed by atoms with Gasteiger partial charge in [-0.15, -0.1) is 0 Å². The average Bonchev–Trinajstić information content (AvgIpc) is 2.66. The van der Waals surface area contributed by atoms with Crippen LogP contribution in [0.3, 0.4) is 0 Å². The quantitative estimate of drug-likeness (QED) is 0.219. The summed E-state index contributed by atoms with van der Waals surface area (Å²) in [6, 6.07) is 12.5. The third-order valence-corrected chi connectivity index (χ3v) is 14.1. The molecule has 3 heteroatoms. The monoisotopic (exact) mass is 400 g/mol. The fourth-order valence-corrected chi connectivity index (χ4v) is 12.6. The van der Waals surface area contributed by atoms with Crippen LogP contribution in [0.2, 0.25) is 15.8 Å². The van der Waals surface area contributed by atoms with Gasteiger partial charge in [0, 0.05) is 0 Å². The molecule has 0 unspecified atom stereocenters. The summed E-state index contributed by atoms with van der Waals surface area (Å²) in [6.45, 7) is 6.80. The molecule has 0 saturated carbocycles. The second-order valence-corrected chi connectivity index (χ2v) is 15.8. The molecule has 2 nitrogen and oxygen atoms in total. The van der Waals surface area contributed by atoms with Crippen LogP contribution < -0.4 is 0 Å². The Bertz CT molecular complexity index is 558. The van der Waals surface area contributed by atoms with Gasteiger partial charge in [0.1, 0.15) is 0 Å². The Morgan fingerprint density at radius 2 is 1.44 bits per heavy atom. The molecule has 0 spiro atoms. The van der Waals surface area contributed by atoms with E-state index in [9.17, 15) is 5.26 Å². The molecule has 0 radical (unpaired) electrons. The van der Waals surface area contributed by atoms with Crippen molar-refractivity contribution in [3.8, 4) is 6.07 Å². The molecule has 0 aromatic heterocycles. The fourth-order valence-electron chi connectivity index (χ4n) is 3.15. The molecule has 0 N–H and O–H groups in total. The molecule has 1 aromatic rings. The molecule has 25 heavy (non-hydrogen) atoms. The molecule has 1 aromatic carbocycles. The van der Waals surface area contributed by atoms with Gasteiger partial charge < -0.3 is 0 Å². The summed E-state index contributed by atoms with van der Waals surface area (Å²) in [5, 5.41) is 13.4. The Hall–Kier alpha value is -1.30. The van der Waals surface area contributed by atoms with Gasteiger partial charge in [-0.2, -0.15) is 0 Å².